The number of nitro benzene ring substituents is 1. The number of benzene rings is 2. The molecule has 0 saturated carbocycles. The second kappa shape index (κ2) is 7.76. The minimum absolute atomic E-state index is 0.00352. The number of nitrogens with one attached hydrogen (secondary N) is 1. The molecule has 0 atom stereocenters. The number of nitriles is 1. The van der Waals surface area contributed by atoms with Gasteiger partial charge in [-0.2, -0.15) is 5.26 Å². The molecule has 8 heteroatoms. The van der Waals surface area contributed by atoms with E-state index in [0.717, 1.165) is 5.56 Å². The fraction of sp³-hybridized carbons (Fsp3) is 0.0526. The van der Waals surface area contributed by atoms with E-state index in [2.05, 4.69) is 10.3 Å². The average Bonchev–Trinajstić information content (AvgIpc) is 3.15. The highest BCUT2D eigenvalue weighted by Crippen LogP contribution is 2.27. The van der Waals surface area contributed by atoms with E-state index in [4.69, 9.17) is 0 Å². The Balaban J connectivity index is 1.84. The van der Waals surface area contributed by atoms with Gasteiger partial charge in [-0.25, -0.2) is 9.37 Å². The monoisotopic (exact) mass is 380 g/mol. The molecule has 0 unspecified atom stereocenters. The largest absolute Gasteiger partial charge is 0.358 e. The molecule has 0 fully saturated rings. The molecule has 3 aromatic rings. The molecule has 0 aliphatic rings. The Morgan fingerprint density at radius 3 is 2.74 bits per heavy atom. The maximum Gasteiger partial charge on any atom is 0.269 e. The summed E-state index contributed by atoms with van der Waals surface area (Å²) in [6, 6.07) is 12.7. The molecule has 1 aromatic heterocycles. The van der Waals surface area contributed by atoms with E-state index in [1.54, 1.807) is 29.6 Å². The van der Waals surface area contributed by atoms with E-state index in [1.807, 2.05) is 13.0 Å². The lowest BCUT2D eigenvalue weighted by Crippen LogP contribution is -1.94. The predicted molar refractivity (Wildman–Crippen MR) is 103 cm³/mol. The van der Waals surface area contributed by atoms with Gasteiger partial charge in [0, 0.05) is 29.3 Å². The molecule has 0 spiro atoms. The van der Waals surface area contributed by atoms with Gasteiger partial charge >= 0.3 is 0 Å². The maximum absolute atomic E-state index is 13.8. The lowest BCUT2D eigenvalue weighted by molar-refractivity contribution is -0.384. The minimum Gasteiger partial charge on any atom is -0.358 e. The van der Waals surface area contributed by atoms with Crippen LogP contribution in [0.25, 0.3) is 16.8 Å². The molecule has 27 heavy (non-hydrogen) atoms. The summed E-state index contributed by atoms with van der Waals surface area (Å²) in [4.78, 5) is 14.7. The fourth-order valence-corrected chi connectivity index (χ4v) is 3.12. The van der Waals surface area contributed by atoms with Crippen LogP contribution in [0.5, 0.6) is 0 Å². The van der Waals surface area contributed by atoms with Gasteiger partial charge in [0.1, 0.15) is 22.5 Å². The van der Waals surface area contributed by atoms with Crippen LogP contribution >= 0.6 is 11.3 Å². The van der Waals surface area contributed by atoms with Gasteiger partial charge in [0.2, 0.25) is 0 Å². The summed E-state index contributed by atoms with van der Waals surface area (Å²) in [5, 5.41) is 25.2. The smallest absolute Gasteiger partial charge is 0.269 e. The van der Waals surface area contributed by atoms with Crippen LogP contribution in [0.2, 0.25) is 0 Å². The van der Waals surface area contributed by atoms with Gasteiger partial charge in [-0.05, 0) is 36.8 Å². The number of aryl methyl sites for hydroxylation is 1. The standard InChI is InChI=1S/C19H13FN4O2S/c1-12-2-7-16(20)17(8-12)22-10-14(9-21)19-23-18(11-27-19)13-3-5-15(6-4-13)24(25)26/h2-8,10-11,22H,1H3/b14-10-. The van der Waals surface area contributed by atoms with Gasteiger partial charge < -0.3 is 5.32 Å². The number of non-ortho nitro benzene ring substituents is 1. The molecule has 134 valence electrons. The van der Waals surface area contributed by atoms with Crippen molar-refractivity contribution in [1.29, 1.82) is 5.26 Å². The quantitative estimate of drug-likeness (QED) is 0.376. The van der Waals surface area contributed by atoms with E-state index in [1.165, 1.54) is 35.7 Å². The number of allylic oxidation sites excluding steroid dienone is 1. The third kappa shape index (κ3) is 4.16. The molecule has 3 rings (SSSR count). The Bertz CT molecular complexity index is 1070. The zero-order valence-electron chi connectivity index (χ0n) is 14.1. The summed E-state index contributed by atoms with van der Waals surface area (Å²) in [5.41, 5.74) is 2.73. The molecule has 1 N–H and O–H groups in total. The molecule has 1 heterocycles. The number of halogens is 1. The zero-order chi connectivity index (χ0) is 19.4. The number of hydrogen-bond acceptors (Lipinski definition) is 6. The van der Waals surface area contributed by atoms with Crippen molar-refractivity contribution in [3.8, 4) is 17.3 Å². The Morgan fingerprint density at radius 1 is 1.33 bits per heavy atom. The van der Waals surface area contributed by atoms with Crippen molar-refractivity contribution in [2.45, 2.75) is 6.92 Å². The number of thiazole rings is 1. The van der Waals surface area contributed by atoms with E-state index in [9.17, 15) is 19.8 Å². The topological polar surface area (TPSA) is 91.8 Å². The minimum atomic E-state index is -0.469. The number of nitro groups is 1. The highest BCUT2D eigenvalue weighted by atomic mass is 32.1. The lowest BCUT2D eigenvalue weighted by atomic mass is 10.1. The van der Waals surface area contributed by atoms with Gasteiger partial charge in [0.15, 0.2) is 0 Å². The van der Waals surface area contributed by atoms with Crippen molar-refractivity contribution in [3.05, 3.63) is 80.5 Å². The molecule has 0 bridgehead atoms. The van der Waals surface area contributed by atoms with Crippen LogP contribution < -0.4 is 5.32 Å². The molecule has 2 aromatic carbocycles. The van der Waals surface area contributed by atoms with Crippen molar-refractivity contribution in [3.63, 3.8) is 0 Å². The molecule has 0 radical (unpaired) electrons. The molecule has 6 nitrogen and oxygen atoms in total. The number of rotatable bonds is 5. The van der Waals surface area contributed by atoms with Crippen molar-refractivity contribution >= 4 is 28.3 Å². The van der Waals surface area contributed by atoms with Crippen LogP contribution in [0.4, 0.5) is 15.8 Å². The first-order chi connectivity index (χ1) is 13.0. The Labute approximate surface area is 158 Å². The third-order valence-corrected chi connectivity index (χ3v) is 4.60. The summed E-state index contributed by atoms with van der Waals surface area (Å²) in [7, 11) is 0. The van der Waals surface area contributed by atoms with Crippen LogP contribution in [-0.4, -0.2) is 9.91 Å². The van der Waals surface area contributed by atoms with Crippen molar-refractivity contribution in [1.82, 2.24) is 4.98 Å². The van der Waals surface area contributed by atoms with E-state index >= 15 is 0 Å². The van der Waals surface area contributed by atoms with Gasteiger partial charge in [-0.1, -0.05) is 6.07 Å². The van der Waals surface area contributed by atoms with E-state index in [0.29, 0.717) is 16.3 Å². The van der Waals surface area contributed by atoms with Crippen LogP contribution in [-0.2, 0) is 0 Å². The fourth-order valence-electron chi connectivity index (χ4n) is 2.33. The van der Waals surface area contributed by atoms with Gasteiger partial charge in [-0.15, -0.1) is 11.3 Å². The highest BCUT2D eigenvalue weighted by molar-refractivity contribution is 7.11. The van der Waals surface area contributed by atoms with Gasteiger partial charge in [-0.3, -0.25) is 10.1 Å². The molecule has 0 saturated heterocycles. The summed E-state index contributed by atoms with van der Waals surface area (Å²) < 4.78 is 13.8. The molecule has 0 aliphatic heterocycles. The first-order valence-electron chi connectivity index (χ1n) is 7.81. The Kier molecular flexibility index (Phi) is 5.24. The SMILES string of the molecule is Cc1ccc(F)c(N/C=C(/C#N)c2nc(-c3ccc([N+](=O)[O-])cc3)cs2)c1. The summed E-state index contributed by atoms with van der Waals surface area (Å²) in [6.45, 7) is 1.84. The highest BCUT2D eigenvalue weighted by Gasteiger charge is 2.11. The van der Waals surface area contributed by atoms with Crippen LogP contribution in [0, 0.1) is 34.2 Å². The first-order valence-corrected chi connectivity index (χ1v) is 8.69. The Morgan fingerprint density at radius 2 is 2.07 bits per heavy atom. The van der Waals surface area contributed by atoms with Crippen LogP contribution in [0.3, 0.4) is 0 Å². The number of anilines is 1. The maximum atomic E-state index is 13.8. The van der Waals surface area contributed by atoms with E-state index in [-0.39, 0.29) is 16.9 Å². The number of aromatic nitrogens is 1. The first kappa shape index (κ1) is 18.2. The van der Waals surface area contributed by atoms with Crippen LogP contribution in [0.15, 0.2) is 54.0 Å². The second-order valence-corrected chi connectivity index (χ2v) is 6.50. The lowest BCUT2D eigenvalue weighted by Gasteiger charge is -2.04. The van der Waals surface area contributed by atoms with Crippen molar-refractivity contribution in [2.75, 3.05) is 5.32 Å². The molecule has 0 aliphatic carbocycles. The van der Waals surface area contributed by atoms with Crippen molar-refractivity contribution < 1.29 is 9.31 Å². The number of nitrogens with zero attached hydrogens (tertiary/aromatic N) is 3. The normalized spacial score (nSPS) is 11.1. The summed E-state index contributed by atoms with van der Waals surface area (Å²) in [5.74, 6) is -0.417. The summed E-state index contributed by atoms with van der Waals surface area (Å²) in [6.07, 6.45) is 1.41. The molecular weight excluding hydrogens is 367 g/mol. The Hall–Kier alpha value is -3.57. The predicted octanol–water partition coefficient (Wildman–Crippen LogP) is 5.14. The van der Waals surface area contributed by atoms with Crippen molar-refractivity contribution in [2.24, 2.45) is 0 Å². The molecular formula is C19H13FN4O2S. The molecule has 0 amide bonds. The average molecular weight is 380 g/mol. The number of hydrogen-bond donors (Lipinski definition) is 1. The van der Waals surface area contributed by atoms with E-state index < -0.39 is 10.7 Å². The van der Waals surface area contributed by atoms with Crippen LogP contribution in [0.1, 0.15) is 10.6 Å². The summed E-state index contributed by atoms with van der Waals surface area (Å²) >= 11 is 1.26. The van der Waals surface area contributed by atoms with Gasteiger partial charge in [0.25, 0.3) is 5.69 Å². The third-order valence-electron chi connectivity index (χ3n) is 3.72. The second-order valence-electron chi connectivity index (χ2n) is 5.64. The van der Waals surface area contributed by atoms with Gasteiger partial charge in [0.05, 0.1) is 16.3 Å². The zero-order valence-corrected chi connectivity index (χ0v) is 15.0.